The van der Waals surface area contributed by atoms with Crippen LogP contribution in [0, 0.1) is 12.8 Å². The van der Waals surface area contributed by atoms with Gasteiger partial charge in [0, 0.05) is 18.7 Å². The number of piperidine rings is 1. The predicted octanol–water partition coefficient (Wildman–Crippen LogP) is 3.64. The Morgan fingerprint density at radius 3 is 2.47 bits per heavy atom. The van der Waals surface area contributed by atoms with Crippen LogP contribution in [-0.4, -0.2) is 58.6 Å². The standard InChI is InChI=1S/C24H28N4O3S/c1-16-8-11-27(12-9-16)24(29)20-14-21(18-6-4-3-5-7-18)25-23-22(20)17(2)26-28(23)19-10-13-32(30,31)15-19/h3-7,14,16,19H,8-13,15H2,1-2H3/t19-/m0/s1. The lowest BCUT2D eigenvalue weighted by Crippen LogP contribution is -2.38. The smallest absolute Gasteiger partial charge is 0.254 e. The summed E-state index contributed by atoms with van der Waals surface area (Å²) in [6, 6.07) is 11.4. The zero-order valence-electron chi connectivity index (χ0n) is 18.5. The number of carbonyl (C=O) groups excluding carboxylic acids is 1. The van der Waals surface area contributed by atoms with Gasteiger partial charge >= 0.3 is 0 Å². The van der Waals surface area contributed by atoms with Gasteiger partial charge in [0.2, 0.25) is 0 Å². The summed E-state index contributed by atoms with van der Waals surface area (Å²) >= 11 is 0. The summed E-state index contributed by atoms with van der Waals surface area (Å²) in [7, 11) is -3.08. The van der Waals surface area contributed by atoms with E-state index in [2.05, 4.69) is 6.92 Å². The lowest BCUT2D eigenvalue weighted by atomic mass is 9.97. The lowest BCUT2D eigenvalue weighted by molar-refractivity contribution is 0.0699. The van der Waals surface area contributed by atoms with Crippen molar-refractivity contribution >= 4 is 26.8 Å². The van der Waals surface area contributed by atoms with E-state index in [1.165, 1.54) is 0 Å². The van der Waals surface area contributed by atoms with E-state index >= 15 is 0 Å². The molecule has 4 heterocycles. The fourth-order valence-corrected chi connectivity index (χ4v) is 6.54. The van der Waals surface area contributed by atoms with Gasteiger partial charge in [0.05, 0.1) is 39.9 Å². The highest BCUT2D eigenvalue weighted by molar-refractivity contribution is 7.91. The van der Waals surface area contributed by atoms with Gasteiger partial charge in [-0.15, -0.1) is 0 Å². The quantitative estimate of drug-likeness (QED) is 0.606. The van der Waals surface area contributed by atoms with E-state index in [-0.39, 0.29) is 23.5 Å². The van der Waals surface area contributed by atoms with E-state index in [1.807, 2.05) is 48.2 Å². The van der Waals surface area contributed by atoms with Crippen molar-refractivity contribution in [3.63, 3.8) is 0 Å². The number of carbonyl (C=O) groups is 1. The van der Waals surface area contributed by atoms with Gasteiger partial charge in [-0.05, 0) is 38.2 Å². The van der Waals surface area contributed by atoms with Crippen LogP contribution in [0.4, 0.5) is 0 Å². The van der Waals surface area contributed by atoms with Crippen LogP contribution in [0.1, 0.15) is 48.3 Å². The molecule has 0 aliphatic carbocycles. The molecule has 0 radical (unpaired) electrons. The van der Waals surface area contributed by atoms with Crippen molar-refractivity contribution in [2.45, 2.75) is 39.2 Å². The Morgan fingerprint density at radius 1 is 1.09 bits per heavy atom. The summed E-state index contributed by atoms with van der Waals surface area (Å²) in [5.74, 6) is 0.857. The van der Waals surface area contributed by atoms with Gasteiger partial charge in [-0.3, -0.25) is 4.79 Å². The molecule has 2 fully saturated rings. The van der Waals surface area contributed by atoms with E-state index in [9.17, 15) is 13.2 Å². The van der Waals surface area contributed by atoms with E-state index in [0.29, 0.717) is 34.9 Å². The molecule has 7 nitrogen and oxygen atoms in total. The van der Waals surface area contributed by atoms with Gasteiger partial charge in [-0.1, -0.05) is 37.3 Å². The molecule has 2 saturated heterocycles. The molecule has 8 heteroatoms. The van der Waals surface area contributed by atoms with Crippen molar-refractivity contribution in [2.24, 2.45) is 5.92 Å². The normalized spacial score (nSPS) is 21.3. The second-order valence-electron chi connectivity index (χ2n) is 9.18. The van der Waals surface area contributed by atoms with Gasteiger partial charge in [-0.25, -0.2) is 18.1 Å². The van der Waals surface area contributed by atoms with Crippen molar-refractivity contribution < 1.29 is 13.2 Å². The Bertz CT molecular complexity index is 1280. The van der Waals surface area contributed by atoms with Crippen LogP contribution in [0.2, 0.25) is 0 Å². The van der Waals surface area contributed by atoms with Crippen molar-refractivity contribution in [2.75, 3.05) is 24.6 Å². The van der Waals surface area contributed by atoms with Crippen molar-refractivity contribution in [3.8, 4) is 11.3 Å². The van der Waals surface area contributed by atoms with E-state index < -0.39 is 9.84 Å². The molecule has 0 bridgehead atoms. The molecule has 0 spiro atoms. The maximum atomic E-state index is 13.7. The molecule has 0 N–H and O–H groups in total. The molecular formula is C24H28N4O3S. The fraction of sp³-hybridized carbons (Fsp3) is 0.458. The second-order valence-corrected chi connectivity index (χ2v) is 11.4. The number of benzene rings is 1. The molecular weight excluding hydrogens is 424 g/mol. The zero-order valence-corrected chi connectivity index (χ0v) is 19.3. The van der Waals surface area contributed by atoms with Crippen LogP contribution in [-0.2, 0) is 9.84 Å². The number of pyridine rings is 1. The minimum absolute atomic E-state index is 0.00294. The number of hydrogen-bond donors (Lipinski definition) is 0. The van der Waals surface area contributed by atoms with Crippen LogP contribution in [0.15, 0.2) is 36.4 Å². The minimum atomic E-state index is -3.08. The van der Waals surface area contributed by atoms with Crippen LogP contribution in [0.25, 0.3) is 22.3 Å². The van der Waals surface area contributed by atoms with Gasteiger partial charge in [-0.2, -0.15) is 5.10 Å². The van der Waals surface area contributed by atoms with Crippen LogP contribution in [0.3, 0.4) is 0 Å². The molecule has 5 rings (SSSR count). The number of hydrogen-bond acceptors (Lipinski definition) is 5. The lowest BCUT2D eigenvalue weighted by Gasteiger charge is -2.30. The van der Waals surface area contributed by atoms with Crippen molar-refractivity contribution in [3.05, 3.63) is 47.7 Å². The molecule has 32 heavy (non-hydrogen) atoms. The Labute approximate surface area is 188 Å². The molecule has 0 saturated carbocycles. The first-order valence-electron chi connectivity index (χ1n) is 11.3. The van der Waals surface area contributed by atoms with Crippen LogP contribution >= 0.6 is 0 Å². The second kappa shape index (κ2) is 7.99. The fourth-order valence-electron chi connectivity index (χ4n) is 4.84. The molecule has 3 aromatic rings. The summed E-state index contributed by atoms with van der Waals surface area (Å²) in [5, 5.41) is 5.43. The number of amides is 1. The highest BCUT2D eigenvalue weighted by Crippen LogP contribution is 2.33. The summed E-state index contributed by atoms with van der Waals surface area (Å²) in [4.78, 5) is 20.5. The Kier molecular flexibility index (Phi) is 5.28. The first kappa shape index (κ1) is 21.1. The molecule has 2 aliphatic heterocycles. The number of nitrogens with zero attached hydrogens (tertiary/aromatic N) is 4. The Morgan fingerprint density at radius 2 is 1.81 bits per heavy atom. The minimum Gasteiger partial charge on any atom is -0.339 e. The third kappa shape index (κ3) is 3.81. The molecule has 1 aromatic carbocycles. The molecule has 1 atom stereocenters. The number of aryl methyl sites for hydroxylation is 1. The highest BCUT2D eigenvalue weighted by atomic mass is 32.2. The van der Waals surface area contributed by atoms with Crippen molar-refractivity contribution in [1.82, 2.24) is 19.7 Å². The van der Waals surface area contributed by atoms with Crippen molar-refractivity contribution in [1.29, 1.82) is 0 Å². The first-order chi connectivity index (χ1) is 15.3. The zero-order chi connectivity index (χ0) is 22.5. The van der Waals surface area contributed by atoms with Gasteiger partial charge in [0.1, 0.15) is 0 Å². The average Bonchev–Trinajstić information content (AvgIpc) is 3.32. The number of sulfone groups is 1. The van der Waals surface area contributed by atoms with Crippen LogP contribution < -0.4 is 0 Å². The monoisotopic (exact) mass is 452 g/mol. The Balaban J connectivity index is 1.67. The predicted molar refractivity (Wildman–Crippen MR) is 124 cm³/mol. The maximum absolute atomic E-state index is 13.7. The summed E-state index contributed by atoms with van der Waals surface area (Å²) in [5.41, 5.74) is 3.53. The van der Waals surface area contributed by atoms with Gasteiger partial charge in [0.15, 0.2) is 15.5 Å². The largest absolute Gasteiger partial charge is 0.339 e. The summed E-state index contributed by atoms with van der Waals surface area (Å²) in [6.07, 6.45) is 2.52. The number of aromatic nitrogens is 3. The SMILES string of the molecule is Cc1nn([C@H]2CCS(=O)(=O)C2)c2nc(-c3ccccc3)cc(C(=O)N3CCC(C)CC3)c12. The van der Waals surface area contributed by atoms with Gasteiger partial charge < -0.3 is 4.90 Å². The van der Waals surface area contributed by atoms with E-state index in [1.54, 1.807) is 4.68 Å². The third-order valence-corrected chi connectivity index (χ3v) is 8.51. The summed E-state index contributed by atoms with van der Waals surface area (Å²) in [6.45, 7) is 5.60. The number of likely N-dealkylation sites (tertiary alicyclic amines) is 1. The first-order valence-corrected chi connectivity index (χ1v) is 13.1. The topological polar surface area (TPSA) is 85.2 Å². The molecule has 2 aromatic heterocycles. The molecule has 2 aliphatic rings. The molecule has 0 unspecified atom stereocenters. The Hall–Kier alpha value is -2.74. The van der Waals surface area contributed by atoms with Crippen LogP contribution in [0.5, 0.6) is 0 Å². The average molecular weight is 453 g/mol. The maximum Gasteiger partial charge on any atom is 0.254 e. The van der Waals surface area contributed by atoms with E-state index in [0.717, 1.165) is 36.9 Å². The summed E-state index contributed by atoms with van der Waals surface area (Å²) < 4.78 is 26.0. The molecule has 168 valence electrons. The highest BCUT2D eigenvalue weighted by Gasteiger charge is 2.33. The molecule has 1 amide bonds. The number of rotatable bonds is 3. The van der Waals surface area contributed by atoms with Gasteiger partial charge in [0.25, 0.3) is 5.91 Å². The number of fused-ring (bicyclic) bond motifs is 1. The van der Waals surface area contributed by atoms with E-state index in [4.69, 9.17) is 10.1 Å². The third-order valence-electron chi connectivity index (χ3n) is 6.76.